The van der Waals surface area contributed by atoms with Gasteiger partial charge in [0.15, 0.2) is 6.61 Å². The molecule has 1 amide bonds. The van der Waals surface area contributed by atoms with Crippen molar-refractivity contribution in [2.45, 2.75) is 45.6 Å². The summed E-state index contributed by atoms with van der Waals surface area (Å²) >= 11 is 6.23. The molecule has 0 unspecified atom stereocenters. The van der Waals surface area contributed by atoms with Gasteiger partial charge in [0.2, 0.25) is 0 Å². The number of anilines is 1. The number of benzene rings is 2. The number of carbonyl (C=O) groups is 2. The summed E-state index contributed by atoms with van der Waals surface area (Å²) in [5, 5.41) is 17.0. The molecular weight excluding hydrogens is 480 g/mol. The van der Waals surface area contributed by atoms with Gasteiger partial charge < -0.3 is 21.0 Å². The number of nitrogens with one attached hydrogen (secondary N) is 1. The monoisotopic (exact) mass is 514 g/mol. The van der Waals surface area contributed by atoms with Crippen molar-refractivity contribution < 1.29 is 19.5 Å². The molecule has 2 aromatic carbocycles. The van der Waals surface area contributed by atoms with Gasteiger partial charge in [-0.3, -0.25) is 14.5 Å². The predicted octanol–water partition coefficient (Wildman–Crippen LogP) is 4.29. The zero-order valence-corrected chi connectivity index (χ0v) is 21.5. The third kappa shape index (κ3) is 8.53. The van der Waals surface area contributed by atoms with Crippen LogP contribution in [0.15, 0.2) is 47.6 Å². The highest BCUT2D eigenvalue weighted by atomic mass is 35.5. The van der Waals surface area contributed by atoms with Gasteiger partial charge in [-0.1, -0.05) is 61.1 Å². The summed E-state index contributed by atoms with van der Waals surface area (Å²) in [7, 11) is 0. The van der Waals surface area contributed by atoms with E-state index >= 15 is 0 Å². The van der Waals surface area contributed by atoms with Crippen molar-refractivity contribution in [1.82, 2.24) is 10.2 Å². The van der Waals surface area contributed by atoms with Gasteiger partial charge in [-0.25, -0.2) is 0 Å². The highest BCUT2D eigenvalue weighted by Gasteiger charge is 2.16. The summed E-state index contributed by atoms with van der Waals surface area (Å²) in [6.45, 7) is 3.21. The smallest absolute Gasteiger partial charge is 0.317 e. The zero-order valence-electron chi connectivity index (χ0n) is 20.7. The zero-order chi connectivity index (χ0) is 25.9. The number of nitrogen functional groups attached to an aromatic ring is 1. The summed E-state index contributed by atoms with van der Waals surface area (Å²) in [6.07, 6.45) is 6.02. The highest BCUT2D eigenvalue weighted by Crippen LogP contribution is 2.23. The van der Waals surface area contributed by atoms with Gasteiger partial charge in [0.1, 0.15) is 5.71 Å². The Morgan fingerprint density at radius 3 is 2.61 bits per heavy atom. The van der Waals surface area contributed by atoms with E-state index in [1.807, 2.05) is 31.2 Å². The van der Waals surface area contributed by atoms with E-state index in [2.05, 4.69) is 10.5 Å². The lowest BCUT2D eigenvalue weighted by atomic mass is 9.89. The largest absolute Gasteiger partial charge is 0.480 e. The van der Waals surface area contributed by atoms with Gasteiger partial charge >= 0.3 is 5.97 Å². The fourth-order valence-electron chi connectivity index (χ4n) is 4.37. The second-order valence-corrected chi connectivity index (χ2v) is 9.58. The molecule has 194 valence electrons. The standard InChI is InChI=1S/C27H35ClN4O4/c1-2-32(17-26(34)35)16-22-13-21(11-12-24(22)29)27(20-9-6-10-23(28)14-20)31-36-18-25(33)30-15-19-7-4-3-5-8-19/h6,9-14,19H,2-5,7-8,15-18,29H2,1H3,(H,30,33)(H,34,35)/b31-27-. The summed E-state index contributed by atoms with van der Waals surface area (Å²) in [4.78, 5) is 30.8. The Morgan fingerprint density at radius 1 is 1.17 bits per heavy atom. The van der Waals surface area contributed by atoms with Gasteiger partial charge in [0.05, 0.1) is 6.54 Å². The number of carboxylic acids is 1. The number of halogens is 1. The minimum atomic E-state index is -0.900. The lowest BCUT2D eigenvalue weighted by molar-refractivity contribution is -0.138. The van der Waals surface area contributed by atoms with Crippen LogP contribution < -0.4 is 11.1 Å². The number of amides is 1. The highest BCUT2D eigenvalue weighted by molar-refractivity contribution is 6.31. The Kier molecular flexibility index (Phi) is 10.6. The molecule has 0 spiro atoms. The van der Waals surface area contributed by atoms with Crippen molar-refractivity contribution in [3.63, 3.8) is 0 Å². The number of carbonyl (C=O) groups excluding carboxylic acids is 1. The average molecular weight is 515 g/mol. The van der Waals surface area contributed by atoms with E-state index in [1.54, 1.807) is 23.1 Å². The lowest BCUT2D eigenvalue weighted by Crippen LogP contribution is -2.32. The number of likely N-dealkylation sites (N-methyl/N-ethyl adjacent to an activating group) is 1. The van der Waals surface area contributed by atoms with Crippen molar-refractivity contribution >= 4 is 34.9 Å². The quantitative estimate of drug-likeness (QED) is 0.221. The Balaban J connectivity index is 1.76. The number of hydrogen-bond acceptors (Lipinski definition) is 6. The average Bonchev–Trinajstić information content (AvgIpc) is 2.86. The predicted molar refractivity (Wildman–Crippen MR) is 142 cm³/mol. The molecule has 0 bridgehead atoms. The molecule has 1 aliphatic carbocycles. The van der Waals surface area contributed by atoms with E-state index in [9.17, 15) is 14.7 Å². The van der Waals surface area contributed by atoms with Crippen LogP contribution in [0, 0.1) is 5.92 Å². The topological polar surface area (TPSA) is 117 Å². The SMILES string of the molecule is CCN(CC(=O)O)Cc1cc(/C(=N\OCC(=O)NCC2CCCCC2)c2cccc(Cl)c2)ccc1N. The van der Waals surface area contributed by atoms with E-state index in [4.69, 9.17) is 22.2 Å². The molecular formula is C27H35ClN4O4. The normalized spacial score (nSPS) is 14.6. The number of aliphatic carboxylic acids is 1. The first kappa shape index (κ1) is 27.5. The Morgan fingerprint density at radius 2 is 1.92 bits per heavy atom. The summed E-state index contributed by atoms with van der Waals surface area (Å²) < 4.78 is 0. The van der Waals surface area contributed by atoms with E-state index in [0.29, 0.717) is 42.0 Å². The molecule has 1 saturated carbocycles. The van der Waals surface area contributed by atoms with Crippen molar-refractivity contribution in [3.8, 4) is 0 Å². The number of carboxylic acid groups (broad SMARTS) is 1. The van der Waals surface area contributed by atoms with Crippen LogP contribution in [0.2, 0.25) is 5.02 Å². The maximum absolute atomic E-state index is 12.3. The fraction of sp³-hybridized carbons (Fsp3) is 0.444. The van der Waals surface area contributed by atoms with Gasteiger partial charge in [-0.15, -0.1) is 0 Å². The van der Waals surface area contributed by atoms with Crippen LogP contribution >= 0.6 is 11.6 Å². The molecule has 0 aromatic heterocycles. The van der Waals surface area contributed by atoms with Gasteiger partial charge in [0.25, 0.3) is 5.91 Å². The second kappa shape index (κ2) is 13.8. The maximum Gasteiger partial charge on any atom is 0.317 e. The number of hydrogen-bond donors (Lipinski definition) is 3. The molecule has 0 aliphatic heterocycles. The van der Waals surface area contributed by atoms with Gasteiger partial charge in [-0.2, -0.15) is 0 Å². The van der Waals surface area contributed by atoms with E-state index in [-0.39, 0.29) is 19.1 Å². The minimum absolute atomic E-state index is 0.0888. The van der Waals surface area contributed by atoms with Crippen LogP contribution in [0.3, 0.4) is 0 Å². The maximum atomic E-state index is 12.3. The Bertz CT molecular complexity index is 1070. The van der Waals surface area contributed by atoms with E-state index < -0.39 is 5.97 Å². The number of rotatable bonds is 12. The van der Waals surface area contributed by atoms with Crippen LogP contribution in [0.25, 0.3) is 0 Å². The van der Waals surface area contributed by atoms with Crippen molar-refractivity contribution in [3.05, 3.63) is 64.2 Å². The van der Waals surface area contributed by atoms with Crippen molar-refractivity contribution in [2.75, 3.05) is 32.0 Å². The molecule has 9 heteroatoms. The molecule has 8 nitrogen and oxygen atoms in total. The van der Waals surface area contributed by atoms with Crippen LogP contribution in [0.4, 0.5) is 5.69 Å². The Hall–Kier alpha value is -3.10. The number of nitrogens with zero attached hydrogens (tertiary/aromatic N) is 2. The molecule has 4 N–H and O–H groups in total. The third-order valence-electron chi connectivity index (χ3n) is 6.38. The Labute approximate surface area is 217 Å². The molecule has 2 aromatic rings. The molecule has 0 radical (unpaired) electrons. The van der Waals surface area contributed by atoms with Crippen LogP contribution in [-0.2, 0) is 21.0 Å². The first-order chi connectivity index (χ1) is 17.4. The first-order valence-corrected chi connectivity index (χ1v) is 12.8. The fourth-order valence-corrected chi connectivity index (χ4v) is 4.56. The van der Waals surface area contributed by atoms with E-state index in [0.717, 1.165) is 29.5 Å². The second-order valence-electron chi connectivity index (χ2n) is 9.14. The molecule has 1 fully saturated rings. The number of oxime groups is 1. The third-order valence-corrected chi connectivity index (χ3v) is 6.61. The van der Waals surface area contributed by atoms with Crippen LogP contribution in [0.1, 0.15) is 55.7 Å². The molecule has 3 rings (SSSR count). The first-order valence-electron chi connectivity index (χ1n) is 12.4. The van der Waals surface area contributed by atoms with Gasteiger partial charge in [0, 0.05) is 34.9 Å². The number of nitrogens with two attached hydrogens (primary N) is 1. The van der Waals surface area contributed by atoms with Crippen LogP contribution in [-0.4, -0.2) is 53.8 Å². The summed E-state index contributed by atoms with van der Waals surface area (Å²) in [5.74, 6) is -0.576. The molecule has 0 saturated heterocycles. The van der Waals surface area contributed by atoms with Crippen molar-refractivity contribution in [2.24, 2.45) is 11.1 Å². The molecule has 0 heterocycles. The summed E-state index contributed by atoms with van der Waals surface area (Å²) in [6, 6.07) is 12.7. The molecule has 36 heavy (non-hydrogen) atoms. The van der Waals surface area contributed by atoms with Crippen molar-refractivity contribution in [1.29, 1.82) is 0 Å². The molecule has 1 aliphatic rings. The lowest BCUT2D eigenvalue weighted by Gasteiger charge is -2.21. The van der Waals surface area contributed by atoms with Crippen LogP contribution in [0.5, 0.6) is 0 Å². The molecule has 0 atom stereocenters. The van der Waals surface area contributed by atoms with E-state index in [1.165, 1.54) is 19.3 Å². The minimum Gasteiger partial charge on any atom is -0.480 e. The van der Waals surface area contributed by atoms with Gasteiger partial charge in [-0.05, 0) is 55.1 Å². The summed E-state index contributed by atoms with van der Waals surface area (Å²) in [5.41, 5.74) is 9.47.